The molecule has 1 amide bonds. The van der Waals surface area contributed by atoms with Gasteiger partial charge in [0.2, 0.25) is 0 Å². The van der Waals surface area contributed by atoms with E-state index in [4.69, 9.17) is 9.47 Å². The highest BCUT2D eigenvalue weighted by molar-refractivity contribution is 5.79. The van der Waals surface area contributed by atoms with Gasteiger partial charge in [-0.1, -0.05) is 6.92 Å². The summed E-state index contributed by atoms with van der Waals surface area (Å²) in [6, 6.07) is 0. The fourth-order valence-corrected chi connectivity index (χ4v) is 2.78. The van der Waals surface area contributed by atoms with Crippen molar-refractivity contribution in [2.24, 2.45) is 10.9 Å². The maximum absolute atomic E-state index is 12.3. The number of hydrogen-bond donors (Lipinski definition) is 1. The van der Waals surface area contributed by atoms with E-state index >= 15 is 0 Å². The van der Waals surface area contributed by atoms with Crippen LogP contribution in [0.3, 0.4) is 0 Å². The molecule has 1 N–H and O–H groups in total. The Hall–Kier alpha value is -1.50. The van der Waals surface area contributed by atoms with E-state index in [9.17, 15) is 4.79 Å². The zero-order valence-corrected chi connectivity index (χ0v) is 16.8. The highest BCUT2D eigenvalue weighted by atomic mass is 16.6. The van der Waals surface area contributed by atoms with E-state index in [0.717, 1.165) is 38.6 Å². The van der Waals surface area contributed by atoms with Crippen LogP contribution in [0.2, 0.25) is 0 Å². The molecule has 0 saturated carbocycles. The average molecular weight is 357 g/mol. The molecule has 1 aliphatic heterocycles. The first-order valence-corrected chi connectivity index (χ1v) is 9.24. The van der Waals surface area contributed by atoms with Crippen LogP contribution in [0.5, 0.6) is 0 Å². The molecule has 0 aromatic heterocycles. The van der Waals surface area contributed by atoms with E-state index in [1.54, 1.807) is 11.9 Å². The molecule has 1 aliphatic rings. The summed E-state index contributed by atoms with van der Waals surface area (Å²) in [5, 5.41) is 3.34. The highest BCUT2D eigenvalue weighted by Gasteiger charge is 2.22. The quantitative estimate of drug-likeness (QED) is 0.559. The first kappa shape index (κ1) is 21.5. The third-order valence-corrected chi connectivity index (χ3v) is 3.94. The molecule has 0 aliphatic carbocycles. The van der Waals surface area contributed by atoms with Gasteiger partial charge in [-0.15, -0.1) is 0 Å². The fraction of sp³-hybridized carbons (Fsp3) is 0.889. The Balaban J connectivity index is 2.45. The van der Waals surface area contributed by atoms with Gasteiger partial charge in [0.05, 0.1) is 6.61 Å². The van der Waals surface area contributed by atoms with Crippen molar-refractivity contribution in [2.75, 3.05) is 53.5 Å². The Morgan fingerprint density at radius 3 is 2.60 bits per heavy atom. The minimum absolute atomic E-state index is 0.261. The van der Waals surface area contributed by atoms with Crippen LogP contribution in [0.25, 0.3) is 0 Å². The van der Waals surface area contributed by atoms with E-state index < -0.39 is 5.60 Å². The number of aliphatic imine (C=N–C) groups is 1. The van der Waals surface area contributed by atoms with Crippen LogP contribution in [0.4, 0.5) is 4.79 Å². The van der Waals surface area contributed by atoms with E-state index in [-0.39, 0.29) is 6.09 Å². The summed E-state index contributed by atoms with van der Waals surface area (Å²) < 4.78 is 10.9. The van der Waals surface area contributed by atoms with Gasteiger partial charge >= 0.3 is 6.09 Å². The summed E-state index contributed by atoms with van der Waals surface area (Å²) >= 11 is 0. The van der Waals surface area contributed by atoms with Gasteiger partial charge in [-0.3, -0.25) is 4.99 Å². The van der Waals surface area contributed by atoms with Gasteiger partial charge in [-0.2, -0.15) is 0 Å². The lowest BCUT2D eigenvalue weighted by Crippen LogP contribution is -2.46. The van der Waals surface area contributed by atoms with Crippen molar-refractivity contribution in [2.45, 2.75) is 46.1 Å². The molecule has 0 aromatic carbocycles. The predicted octanol–water partition coefficient (Wildman–Crippen LogP) is 2.18. The smallest absolute Gasteiger partial charge is 0.410 e. The first-order chi connectivity index (χ1) is 11.8. The fourth-order valence-electron chi connectivity index (χ4n) is 2.78. The normalized spacial score (nSPS) is 18.2. The zero-order valence-electron chi connectivity index (χ0n) is 16.8. The van der Waals surface area contributed by atoms with E-state index in [2.05, 4.69) is 22.1 Å². The van der Waals surface area contributed by atoms with Crippen LogP contribution in [-0.2, 0) is 9.47 Å². The Kier molecular flexibility index (Phi) is 9.03. The van der Waals surface area contributed by atoms with Crippen LogP contribution in [0, 0.1) is 5.92 Å². The van der Waals surface area contributed by atoms with Gasteiger partial charge in [0.15, 0.2) is 5.96 Å². The molecule has 0 aromatic rings. The first-order valence-electron chi connectivity index (χ1n) is 9.24. The van der Waals surface area contributed by atoms with Crippen molar-refractivity contribution in [1.29, 1.82) is 0 Å². The molecule has 1 rings (SSSR count). The van der Waals surface area contributed by atoms with Crippen LogP contribution < -0.4 is 5.32 Å². The topological polar surface area (TPSA) is 66.4 Å². The minimum atomic E-state index is -0.476. The molecule has 7 heteroatoms. The Morgan fingerprint density at radius 1 is 1.36 bits per heavy atom. The summed E-state index contributed by atoms with van der Waals surface area (Å²) in [7, 11) is 3.81. The van der Waals surface area contributed by atoms with Gasteiger partial charge < -0.3 is 24.6 Å². The highest BCUT2D eigenvalue weighted by Crippen LogP contribution is 2.13. The lowest BCUT2D eigenvalue weighted by molar-refractivity contribution is 0.0253. The molecule has 25 heavy (non-hydrogen) atoms. The van der Waals surface area contributed by atoms with Gasteiger partial charge in [0, 0.05) is 52.8 Å². The number of rotatable bonds is 7. The van der Waals surface area contributed by atoms with Crippen molar-refractivity contribution in [3.63, 3.8) is 0 Å². The number of nitrogens with zero attached hydrogens (tertiary/aromatic N) is 3. The molecule has 1 heterocycles. The summed E-state index contributed by atoms with van der Waals surface area (Å²) in [4.78, 5) is 20.5. The molecule has 0 bridgehead atoms. The Bertz CT molecular complexity index is 429. The SMILES string of the molecule is CCCN(CCNC(=NC)N(C)CC1CCOC1)C(=O)OC(C)(C)C. The molecule has 146 valence electrons. The van der Waals surface area contributed by atoms with Crippen molar-refractivity contribution in [3.8, 4) is 0 Å². The largest absolute Gasteiger partial charge is 0.444 e. The number of carbonyl (C=O) groups excluding carboxylic acids is 1. The van der Waals surface area contributed by atoms with E-state index in [1.165, 1.54) is 0 Å². The summed E-state index contributed by atoms with van der Waals surface area (Å²) in [6.45, 7) is 12.2. The maximum atomic E-state index is 12.3. The lowest BCUT2D eigenvalue weighted by Gasteiger charge is -2.28. The zero-order chi connectivity index (χ0) is 18.9. The second-order valence-electron chi connectivity index (χ2n) is 7.55. The molecule has 7 nitrogen and oxygen atoms in total. The molecule has 1 saturated heterocycles. The number of nitrogens with one attached hydrogen (secondary N) is 1. The Morgan fingerprint density at radius 2 is 2.08 bits per heavy atom. The molecule has 0 spiro atoms. The van der Waals surface area contributed by atoms with Crippen LogP contribution in [0.15, 0.2) is 4.99 Å². The maximum Gasteiger partial charge on any atom is 0.410 e. The van der Waals surface area contributed by atoms with Crippen molar-refractivity contribution < 1.29 is 14.3 Å². The Labute approximate surface area is 152 Å². The standard InChI is InChI=1S/C18H36N4O3/c1-7-10-22(17(23)25-18(2,3)4)11-9-20-16(19-5)21(6)13-15-8-12-24-14-15/h15H,7-14H2,1-6H3,(H,19,20). The molecule has 1 fully saturated rings. The van der Waals surface area contributed by atoms with Gasteiger partial charge in [-0.25, -0.2) is 4.79 Å². The second-order valence-corrected chi connectivity index (χ2v) is 7.55. The second kappa shape index (κ2) is 10.5. The lowest BCUT2D eigenvalue weighted by atomic mass is 10.1. The van der Waals surface area contributed by atoms with E-state index in [0.29, 0.717) is 25.6 Å². The molecular formula is C18H36N4O3. The number of amides is 1. The van der Waals surface area contributed by atoms with Gasteiger partial charge in [0.1, 0.15) is 5.60 Å². The third kappa shape index (κ3) is 8.43. The van der Waals surface area contributed by atoms with E-state index in [1.807, 2.05) is 27.8 Å². The van der Waals surface area contributed by atoms with Crippen LogP contribution >= 0.6 is 0 Å². The molecule has 0 radical (unpaired) electrons. The minimum Gasteiger partial charge on any atom is -0.444 e. The number of carbonyl (C=O) groups is 1. The number of hydrogen-bond acceptors (Lipinski definition) is 4. The summed E-state index contributed by atoms with van der Waals surface area (Å²) in [6.07, 6.45) is 1.74. The molecule has 1 atom stereocenters. The van der Waals surface area contributed by atoms with Crippen molar-refractivity contribution >= 4 is 12.1 Å². The predicted molar refractivity (Wildman–Crippen MR) is 101 cm³/mol. The monoisotopic (exact) mass is 356 g/mol. The average Bonchev–Trinajstić information content (AvgIpc) is 3.01. The molecular weight excluding hydrogens is 320 g/mol. The number of ether oxygens (including phenoxy) is 2. The van der Waals surface area contributed by atoms with Crippen LogP contribution in [-0.4, -0.2) is 80.9 Å². The van der Waals surface area contributed by atoms with Gasteiger partial charge in [-0.05, 0) is 33.6 Å². The summed E-state index contributed by atoms with van der Waals surface area (Å²) in [5.74, 6) is 1.40. The van der Waals surface area contributed by atoms with Crippen LogP contribution in [0.1, 0.15) is 40.5 Å². The van der Waals surface area contributed by atoms with Crippen molar-refractivity contribution in [1.82, 2.24) is 15.1 Å². The van der Waals surface area contributed by atoms with Crippen molar-refractivity contribution in [3.05, 3.63) is 0 Å². The molecule has 1 unspecified atom stereocenters. The summed E-state index contributed by atoms with van der Waals surface area (Å²) in [5.41, 5.74) is -0.476. The third-order valence-electron chi connectivity index (χ3n) is 3.94. The number of guanidine groups is 1. The van der Waals surface area contributed by atoms with Gasteiger partial charge in [0.25, 0.3) is 0 Å².